The first-order valence-electron chi connectivity index (χ1n) is 7.94. The van der Waals surface area contributed by atoms with Crippen molar-refractivity contribution in [1.82, 2.24) is 15.0 Å². The zero-order valence-corrected chi connectivity index (χ0v) is 13.7. The van der Waals surface area contributed by atoms with Crippen LogP contribution in [0.4, 0.5) is 13.2 Å². The molecule has 0 atom stereocenters. The topological polar surface area (TPSA) is 49.6 Å². The Morgan fingerprint density at radius 2 is 1.80 bits per heavy atom. The number of amides is 1. The van der Waals surface area contributed by atoms with Gasteiger partial charge in [0.15, 0.2) is 0 Å². The number of piperazine rings is 1. The Morgan fingerprint density at radius 1 is 1.16 bits per heavy atom. The summed E-state index contributed by atoms with van der Waals surface area (Å²) in [4.78, 5) is 16.1. The van der Waals surface area contributed by atoms with E-state index in [1.165, 1.54) is 12.1 Å². The van der Waals surface area contributed by atoms with Crippen LogP contribution in [-0.4, -0.2) is 47.0 Å². The number of hydrogen-bond acceptors (Lipinski definition) is 4. The number of rotatable bonds is 3. The van der Waals surface area contributed by atoms with E-state index in [1.54, 1.807) is 17.9 Å². The summed E-state index contributed by atoms with van der Waals surface area (Å²) in [6.07, 6.45) is -4.32. The molecule has 1 aromatic heterocycles. The fourth-order valence-electron chi connectivity index (χ4n) is 2.79. The molecule has 5 nitrogen and oxygen atoms in total. The molecule has 8 heteroatoms. The fraction of sp³-hybridized carbons (Fsp3) is 0.412. The van der Waals surface area contributed by atoms with Crippen LogP contribution in [0.15, 0.2) is 34.9 Å². The minimum Gasteiger partial charge on any atom is -0.351 e. The maximum atomic E-state index is 12.6. The lowest BCUT2D eigenvalue weighted by molar-refractivity contribution is -0.137. The molecule has 0 unspecified atom stereocenters. The molecule has 0 radical (unpaired) electrons. The molecule has 0 spiro atoms. The summed E-state index contributed by atoms with van der Waals surface area (Å²) >= 11 is 0. The number of nitrogens with zero attached hydrogens (tertiary/aromatic N) is 3. The first-order chi connectivity index (χ1) is 11.8. The third-order valence-electron chi connectivity index (χ3n) is 4.19. The Labute approximate surface area is 143 Å². The Balaban J connectivity index is 1.53. The van der Waals surface area contributed by atoms with Crippen molar-refractivity contribution in [1.29, 1.82) is 0 Å². The van der Waals surface area contributed by atoms with Crippen molar-refractivity contribution in [2.24, 2.45) is 0 Å². The van der Waals surface area contributed by atoms with E-state index >= 15 is 0 Å². The second-order valence-electron chi connectivity index (χ2n) is 6.10. The van der Waals surface area contributed by atoms with E-state index in [4.69, 9.17) is 4.52 Å². The lowest BCUT2D eigenvalue weighted by Gasteiger charge is -2.34. The second-order valence-corrected chi connectivity index (χ2v) is 6.10. The first-order valence-corrected chi connectivity index (χ1v) is 7.94. The van der Waals surface area contributed by atoms with Gasteiger partial charge in [-0.1, -0.05) is 17.3 Å². The minimum absolute atomic E-state index is 0.185. The van der Waals surface area contributed by atoms with E-state index in [0.717, 1.165) is 17.7 Å². The van der Waals surface area contributed by atoms with E-state index in [-0.39, 0.29) is 11.7 Å². The molecule has 3 rings (SSSR count). The number of aryl methyl sites for hydroxylation is 1. The van der Waals surface area contributed by atoms with Crippen LogP contribution in [0.25, 0.3) is 0 Å². The summed E-state index contributed by atoms with van der Waals surface area (Å²) < 4.78 is 42.7. The molecule has 0 bridgehead atoms. The average Bonchev–Trinajstić information content (AvgIpc) is 3.01. The van der Waals surface area contributed by atoms with Crippen LogP contribution < -0.4 is 0 Å². The molecule has 134 valence electrons. The lowest BCUT2D eigenvalue weighted by atomic mass is 10.1. The van der Waals surface area contributed by atoms with Gasteiger partial charge in [-0.3, -0.25) is 9.69 Å². The standard InChI is InChI=1S/C17H18F3N3O2/c1-12-10-15(25-21-12)16(24)23-8-6-22(7-9-23)11-13-2-4-14(5-3-13)17(18,19)20/h2-5,10H,6-9,11H2,1H3. The van der Waals surface area contributed by atoms with Crippen LogP contribution in [0.3, 0.4) is 0 Å². The highest BCUT2D eigenvalue weighted by Gasteiger charge is 2.30. The molecular weight excluding hydrogens is 335 g/mol. The monoisotopic (exact) mass is 353 g/mol. The SMILES string of the molecule is Cc1cc(C(=O)N2CCN(Cc3ccc(C(F)(F)F)cc3)CC2)on1. The number of carbonyl (C=O) groups is 1. The average molecular weight is 353 g/mol. The van der Waals surface area contributed by atoms with Gasteiger partial charge < -0.3 is 9.42 Å². The molecule has 1 saturated heterocycles. The van der Waals surface area contributed by atoms with Crippen molar-refractivity contribution >= 4 is 5.91 Å². The summed E-state index contributed by atoms with van der Waals surface area (Å²) in [6.45, 7) is 4.70. The minimum atomic E-state index is -4.32. The van der Waals surface area contributed by atoms with Gasteiger partial charge in [0.1, 0.15) is 0 Å². The summed E-state index contributed by atoms with van der Waals surface area (Å²) in [5.74, 6) is 0.0449. The van der Waals surface area contributed by atoms with E-state index in [2.05, 4.69) is 10.1 Å². The first kappa shape index (κ1) is 17.5. The van der Waals surface area contributed by atoms with E-state index in [1.807, 2.05) is 0 Å². The highest BCUT2D eigenvalue weighted by molar-refractivity contribution is 5.91. The largest absolute Gasteiger partial charge is 0.416 e. The predicted octanol–water partition coefficient (Wildman–Crippen LogP) is 2.96. The van der Waals surface area contributed by atoms with E-state index in [9.17, 15) is 18.0 Å². The molecule has 0 aliphatic carbocycles. The van der Waals surface area contributed by atoms with Crippen LogP contribution in [0.1, 0.15) is 27.4 Å². The maximum Gasteiger partial charge on any atom is 0.416 e. The number of carbonyl (C=O) groups excluding carboxylic acids is 1. The van der Waals surface area contributed by atoms with Gasteiger partial charge in [-0.15, -0.1) is 0 Å². The summed E-state index contributed by atoms with van der Waals surface area (Å²) in [5, 5.41) is 3.71. The summed E-state index contributed by atoms with van der Waals surface area (Å²) in [7, 11) is 0. The molecular formula is C17H18F3N3O2. The normalized spacial score (nSPS) is 16.2. The third kappa shape index (κ3) is 4.19. The molecule has 0 saturated carbocycles. The van der Waals surface area contributed by atoms with Crippen LogP contribution in [0.2, 0.25) is 0 Å². The van der Waals surface area contributed by atoms with Gasteiger partial charge in [-0.25, -0.2) is 0 Å². The Morgan fingerprint density at radius 3 is 2.32 bits per heavy atom. The van der Waals surface area contributed by atoms with Gasteiger partial charge in [0.05, 0.1) is 11.3 Å². The van der Waals surface area contributed by atoms with Gasteiger partial charge >= 0.3 is 6.18 Å². The predicted molar refractivity (Wildman–Crippen MR) is 83.9 cm³/mol. The molecule has 2 heterocycles. The fourth-order valence-corrected chi connectivity index (χ4v) is 2.79. The van der Waals surface area contributed by atoms with Gasteiger partial charge in [0, 0.05) is 38.8 Å². The second kappa shape index (κ2) is 6.87. The van der Waals surface area contributed by atoms with E-state index in [0.29, 0.717) is 38.4 Å². The summed E-state index contributed by atoms with van der Waals surface area (Å²) in [5.41, 5.74) is 0.831. The number of aromatic nitrogens is 1. The number of alkyl halides is 3. The number of benzene rings is 1. The third-order valence-corrected chi connectivity index (χ3v) is 4.19. The van der Waals surface area contributed by atoms with Crippen LogP contribution >= 0.6 is 0 Å². The highest BCUT2D eigenvalue weighted by Crippen LogP contribution is 2.29. The Kier molecular flexibility index (Phi) is 4.80. The zero-order valence-electron chi connectivity index (χ0n) is 13.7. The van der Waals surface area contributed by atoms with Crippen molar-refractivity contribution in [2.75, 3.05) is 26.2 Å². The zero-order chi connectivity index (χ0) is 18.0. The van der Waals surface area contributed by atoms with Crippen molar-refractivity contribution in [3.05, 3.63) is 52.9 Å². The molecule has 25 heavy (non-hydrogen) atoms. The van der Waals surface area contributed by atoms with Crippen LogP contribution in [0.5, 0.6) is 0 Å². The van der Waals surface area contributed by atoms with Gasteiger partial charge in [-0.2, -0.15) is 13.2 Å². The van der Waals surface area contributed by atoms with Gasteiger partial charge in [0.25, 0.3) is 5.91 Å². The van der Waals surface area contributed by atoms with Crippen molar-refractivity contribution in [3.63, 3.8) is 0 Å². The number of halogens is 3. The van der Waals surface area contributed by atoms with Crippen molar-refractivity contribution in [2.45, 2.75) is 19.6 Å². The Bertz CT molecular complexity index is 732. The van der Waals surface area contributed by atoms with Gasteiger partial charge in [-0.05, 0) is 24.6 Å². The Hall–Kier alpha value is -2.35. The van der Waals surface area contributed by atoms with Crippen LogP contribution in [-0.2, 0) is 12.7 Å². The van der Waals surface area contributed by atoms with Gasteiger partial charge in [0.2, 0.25) is 5.76 Å². The molecule has 1 fully saturated rings. The van der Waals surface area contributed by atoms with E-state index < -0.39 is 11.7 Å². The molecule has 1 aliphatic rings. The van der Waals surface area contributed by atoms with Crippen molar-refractivity contribution in [3.8, 4) is 0 Å². The highest BCUT2D eigenvalue weighted by atomic mass is 19.4. The molecule has 1 aromatic carbocycles. The lowest BCUT2D eigenvalue weighted by Crippen LogP contribution is -2.48. The maximum absolute atomic E-state index is 12.6. The van der Waals surface area contributed by atoms with Crippen LogP contribution in [0, 0.1) is 6.92 Å². The quantitative estimate of drug-likeness (QED) is 0.851. The number of hydrogen-bond donors (Lipinski definition) is 0. The molecule has 2 aromatic rings. The molecule has 1 amide bonds. The van der Waals surface area contributed by atoms with Crippen molar-refractivity contribution < 1.29 is 22.5 Å². The smallest absolute Gasteiger partial charge is 0.351 e. The summed E-state index contributed by atoms with van der Waals surface area (Å²) in [6, 6.07) is 6.80. The molecule has 0 N–H and O–H groups in total. The molecule has 1 aliphatic heterocycles.